The lowest BCUT2D eigenvalue weighted by atomic mass is 9.99. The molecule has 6 nitrogen and oxygen atoms in total. The number of aromatic nitrogens is 2. The number of halogens is 2. The molecule has 2 heterocycles. The molecule has 2 rings (SSSR count). The number of aliphatic hydroxyl groups excluding tert-OH is 1. The third-order valence-corrected chi connectivity index (χ3v) is 3.84. The lowest BCUT2D eigenvalue weighted by Crippen LogP contribution is -2.43. The van der Waals surface area contributed by atoms with Gasteiger partial charge in [-0.1, -0.05) is 22.6 Å². The van der Waals surface area contributed by atoms with Gasteiger partial charge in [-0.15, -0.1) is 0 Å². The second kappa shape index (κ2) is 4.74. The van der Waals surface area contributed by atoms with Crippen LogP contribution in [-0.4, -0.2) is 37.0 Å². The van der Waals surface area contributed by atoms with E-state index in [1.807, 2.05) is 27.6 Å². The fourth-order valence-electron chi connectivity index (χ4n) is 1.95. The molecule has 0 unspecified atom stereocenters. The van der Waals surface area contributed by atoms with Crippen molar-refractivity contribution in [1.29, 1.82) is 0 Å². The Balaban J connectivity index is 2.45. The lowest BCUT2D eigenvalue weighted by Gasteiger charge is -2.24. The standard InChI is InChI=1S/C10H12FIN2O4/c1-10(11)7(16)5(4-12)18-8(10)14-3-2-6(15)13-9(14)17/h2-3,5,7-8,16H,4H2,1H3,(H,13,15,17)/t5-,7-,8-,10+/m1/s1. The Morgan fingerprint density at radius 2 is 2.33 bits per heavy atom. The molecular formula is C10H12FIN2O4. The largest absolute Gasteiger partial charge is 0.387 e. The van der Waals surface area contributed by atoms with Crippen molar-refractivity contribution < 1.29 is 14.2 Å². The van der Waals surface area contributed by atoms with Crippen molar-refractivity contribution >= 4 is 22.6 Å². The monoisotopic (exact) mass is 370 g/mol. The van der Waals surface area contributed by atoms with Crippen LogP contribution in [-0.2, 0) is 4.74 Å². The molecular weight excluding hydrogens is 358 g/mol. The van der Waals surface area contributed by atoms with Crippen LogP contribution < -0.4 is 11.2 Å². The van der Waals surface area contributed by atoms with Crippen molar-refractivity contribution in [2.24, 2.45) is 0 Å². The summed E-state index contributed by atoms with van der Waals surface area (Å²) < 4.78 is 21.1. The maximum atomic E-state index is 14.4. The van der Waals surface area contributed by atoms with E-state index in [9.17, 15) is 19.1 Å². The van der Waals surface area contributed by atoms with Crippen LogP contribution in [0.1, 0.15) is 13.2 Å². The molecule has 0 aromatic carbocycles. The van der Waals surface area contributed by atoms with Gasteiger partial charge in [-0.2, -0.15) is 0 Å². The quantitative estimate of drug-likeness (QED) is 0.565. The summed E-state index contributed by atoms with van der Waals surface area (Å²) in [5.74, 6) is 0. The number of alkyl halides is 2. The lowest BCUT2D eigenvalue weighted by molar-refractivity contribution is -0.0465. The molecule has 2 N–H and O–H groups in total. The van der Waals surface area contributed by atoms with E-state index in [0.717, 1.165) is 16.8 Å². The van der Waals surface area contributed by atoms with E-state index in [4.69, 9.17) is 4.74 Å². The smallest absolute Gasteiger partial charge is 0.330 e. The zero-order valence-corrected chi connectivity index (χ0v) is 11.6. The molecule has 1 aromatic heterocycles. The molecule has 1 saturated heterocycles. The van der Waals surface area contributed by atoms with Crippen molar-refractivity contribution in [2.75, 3.05) is 4.43 Å². The summed E-state index contributed by atoms with van der Waals surface area (Å²) in [5.41, 5.74) is -3.43. The van der Waals surface area contributed by atoms with Gasteiger partial charge in [0.25, 0.3) is 5.56 Å². The molecule has 0 amide bonds. The SMILES string of the molecule is C[C@]1(F)[C@H](O)[C@@H](CI)O[C@H]1n1ccc(=O)[nH]c1=O. The van der Waals surface area contributed by atoms with Crippen molar-refractivity contribution in [2.45, 2.75) is 31.0 Å². The first-order valence-corrected chi connectivity index (χ1v) is 6.80. The Morgan fingerprint density at radius 1 is 1.67 bits per heavy atom. The summed E-state index contributed by atoms with van der Waals surface area (Å²) in [7, 11) is 0. The zero-order valence-electron chi connectivity index (χ0n) is 9.47. The van der Waals surface area contributed by atoms with E-state index >= 15 is 0 Å². The number of ether oxygens (including phenoxy) is 1. The number of aromatic amines is 1. The summed E-state index contributed by atoms with van der Waals surface area (Å²) in [6.07, 6.45) is -2.11. The predicted octanol–water partition coefficient (Wildman–Crippen LogP) is -0.0419. The van der Waals surface area contributed by atoms with Gasteiger partial charge in [0.15, 0.2) is 11.9 Å². The van der Waals surface area contributed by atoms with Gasteiger partial charge in [0.2, 0.25) is 0 Å². The molecule has 1 fully saturated rings. The maximum Gasteiger partial charge on any atom is 0.330 e. The molecule has 8 heteroatoms. The average molecular weight is 370 g/mol. The first-order chi connectivity index (χ1) is 8.37. The average Bonchev–Trinajstić information content (AvgIpc) is 2.52. The van der Waals surface area contributed by atoms with Gasteiger partial charge in [-0.3, -0.25) is 14.3 Å². The number of hydrogen-bond acceptors (Lipinski definition) is 4. The first kappa shape index (κ1) is 13.7. The van der Waals surface area contributed by atoms with Crippen molar-refractivity contribution in [1.82, 2.24) is 9.55 Å². The minimum atomic E-state index is -2.10. The minimum Gasteiger partial charge on any atom is -0.387 e. The normalized spacial score (nSPS) is 35.9. The molecule has 0 spiro atoms. The third-order valence-electron chi connectivity index (χ3n) is 2.97. The summed E-state index contributed by atoms with van der Waals surface area (Å²) in [6.45, 7) is 1.17. The van der Waals surface area contributed by atoms with Gasteiger partial charge < -0.3 is 9.84 Å². The van der Waals surface area contributed by atoms with Crippen LogP contribution >= 0.6 is 22.6 Å². The Hall–Kier alpha value is -0.740. The molecule has 18 heavy (non-hydrogen) atoms. The van der Waals surface area contributed by atoms with Crippen LogP contribution in [0.4, 0.5) is 4.39 Å². The molecule has 1 aromatic rings. The number of H-pyrrole nitrogens is 1. The molecule has 1 aliphatic rings. The van der Waals surface area contributed by atoms with E-state index in [-0.39, 0.29) is 0 Å². The molecule has 100 valence electrons. The highest BCUT2D eigenvalue weighted by atomic mass is 127. The van der Waals surface area contributed by atoms with E-state index in [1.54, 1.807) is 0 Å². The second-order valence-corrected chi connectivity index (χ2v) is 5.18. The van der Waals surface area contributed by atoms with Crippen molar-refractivity contribution in [3.05, 3.63) is 33.1 Å². The van der Waals surface area contributed by atoms with Gasteiger partial charge in [0, 0.05) is 16.7 Å². The third kappa shape index (κ3) is 2.12. The highest BCUT2D eigenvalue weighted by Crippen LogP contribution is 2.40. The van der Waals surface area contributed by atoms with Crippen LogP contribution in [0.15, 0.2) is 21.9 Å². The topological polar surface area (TPSA) is 84.3 Å². The summed E-state index contributed by atoms with van der Waals surface area (Å²) >= 11 is 1.97. The van der Waals surface area contributed by atoms with E-state index in [0.29, 0.717) is 4.43 Å². The van der Waals surface area contributed by atoms with E-state index in [2.05, 4.69) is 0 Å². The highest BCUT2D eigenvalue weighted by Gasteiger charge is 2.54. The van der Waals surface area contributed by atoms with Gasteiger partial charge in [0.05, 0.1) is 6.10 Å². The molecule has 0 radical (unpaired) electrons. The van der Waals surface area contributed by atoms with Crippen molar-refractivity contribution in [3.8, 4) is 0 Å². The summed E-state index contributed by atoms with van der Waals surface area (Å²) in [5, 5.41) is 9.80. The Labute approximate surface area is 115 Å². The Morgan fingerprint density at radius 3 is 2.83 bits per heavy atom. The Kier molecular flexibility index (Phi) is 3.60. The van der Waals surface area contributed by atoms with Gasteiger partial charge >= 0.3 is 5.69 Å². The van der Waals surface area contributed by atoms with Crippen LogP contribution in [0.5, 0.6) is 0 Å². The maximum absolute atomic E-state index is 14.4. The Bertz CT molecular complexity index is 555. The van der Waals surface area contributed by atoms with Crippen LogP contribution in [0.3, 0.4) is 0 Å². The highest BCUT2D eigenvalue weighted by molar-refractivity contribution is 14.1. The number of nitrogens with zero attached hydrogens (tertiary/aromatic N) is 1. The fourth-order valence-corrected chi connectivity index (χ4v) is 2.64. The van der Waals surface area contributed by atoms with Gasteiger partial charge in [-0.05, 0) is 6.92 Å². The molecule has 1 aliphatic heterocycles. The first-order valence-electron chi connectivity index (χ1n) is 5.28. The molecule has 4 atom stereocenters. The number of aliphatic hydroxyl groups is 1. The molecule has 0 bridgehead atoms. The van der Waals surface area contributed by atoms with Crippen LogP contribution in [0.2, 0.25) is 0 Å². The van der Waals surface area contributed by atoms with Gasteiger partial charge in [0.1, 0.15) is 6.10 Å². The minimum absolute atomic E-state index is 0.396. The van der Waals surface area contributed by atoms with Gasteiger partial charge in [-0.25, -0.2) is 9.18 Å². The van der Waals surface area contributed by atoms with Crippen LogP contribution in [0, 0.1) is 0 Å². The van der Waals surface area contributed by atoms with E-state index in [1.165, 1.54) is 6.92 Å². The summed E-state index contributed by atoms with van der Waals surface area (Å²) in [4.78, 5) is 24.6. The number of rotatable bonds is 2. The fraction of sp³-hybridized carbons (Fsp3) is 0.600. The van der Waals surface area contributed by atoms with E-state index < -0.39 is 35.4 Å². The number of nitrogens with one attached hydrogen (secondary N) is 1. The van der Waals surface area contributed by atoms with Crippen molar-refractivity contribution in [3.63, 3.8) is 0 Å². The predicted molar refractivity (Wildman–Crippen MR) is 69.6 cm³/mol. The molecule has 0 aliphatic carbocycles. The van der Waals surface area contributed by atoms with Crippen LogP contribution in [0.25, 0.3) is 0 Å². The zero-order chi connectivity index (χ0) is 13.5. The molecule has 0 saturated carbocycles. The second-order valence-electron chi connectivity index (χ2n) is 4.29. The number of hydrogen-bond donors (Lipinski definition) is 2. The summed E-state index contributed by atoms with van der Waals surface area (Å²) in [6, 6.07) is 1.10.